The van der Waals surface area contributed by atoms with E-state index in [1.54, 1.807) is 11.8 Å². The number of halogens is 1. The van der Waals surface area contributed by atoms with Crippen LogP contribution in [0.4, 0.5) is 4.39 Å². The molecule has 0 bridgehead atoms. The van der Waals surface area contributed by atoms with Gasteiger partial charge >= 0.3 is 0 Å². The summed E-state index contributed by atoms with van der Waals surface area (Å²) in [6.07, 6.45) is 1.42. The molecule has 1 amide bonds. The van der Waals surface area contributed by atoms with Crippen LogP contribution in [0.15, 0.2) is 23.1 Å². The third-order valence-corrected chi connectivity index (χ3v) is 6.99. The first-order valence-electron chi connectivity index (χ1n) is 8.62. The molecule has 1 saturated heterocycles. The van der Waals surface area contributed by atoms with Gasteiger partial charge in [-0.1, -0.05) is 4.49 Å². The molecular weight excluding hydrogens is 391 g/mol. The summed E-state index contributed by atoms with van der Waals surface area (Å²) < 4.78 is 44.5. The molecule has 1 aromatic heterocycles. The number of rotatable bonds is 5. The van der Waals surface area contributed by atoms with Crippen LogP contribution in [0.5, 0.6) is 0 Å². The number of sulfonamides is 1. The molecule has 3 rings (SSSR count). The lowest BCUT2D eigenvalue weighted by molar-refractivity contribution is 0.0696. The quantitative estimate of drug-likeness (QED) is 0.812. The largest absolute Gasteiger partial charge is 0.338 e. The molecule has 146 valence electrons. The van der Waals surface area contributed by atoms with Crippen molar-refractivity contribution >= 4 is 27.5 Å². The van der Waals surface area contributed by atoms with Crippen molar-refractivity contribution in [1.82, 2.24) is 19.2 Å². The molecule has 0 radical (unpaired) electrons. The summed E-state index contributed by atoms with van der Waals surface area (Å²) in [6, 6.07) is 3.74. The fraction of sp³-hybridized carbons (Fsp3) is 0.471. The van der Waals surface area contributed by atoms with Gasteiger partial charge in [0.2, 0.25) is 10.0 Å². The van der Waals surface area contributed by atoms with Crippen LogP contribution >= 0.6 is 11.5 Å². The Labute approximate surface area is 161 Å². The molecule has 7 nitrogen and oxygen atoms in total. The fourth-order valence-electron chi connectivity index (χ4n) is 3.01. The van der Waals surface area contributed by atoms with Gasteiger partial charge in [-0.25, -0.2) is 17.5 Å². The van der Waals surface area contributed by atoms with Crippen molar-refractivity contribution in [3.63, 3.8) is 0 Å². The van der Waals surface area contributed by atoms with Gasteiger partial charge in [0.25, 0.3) is 5.91 Å². The topological polar surface area (TPSA) is 92.3 Å². The number of nitrogens with one attached hydrogen (secondary N) is 1. The number of carbonyl (C=O) groups excluding carboxylic acids is 1. The average Bonchev–Trinajstić information content (AvgIpc) is 3.08. The molecule has 1 aromatic carbocycles. The van der Waals surface area contributed by atoms with Crippen molar-refractivity contribution in [2.45, 2.75) is 31.6 Å². The Hall–Kier alpha value is -1.91. The zero-order valence-electron chi connectivity index (χ0n) is 15.1. The van der Waals surface area contributed by atoms with Gasteiger partial charge in [0.05, 0.1) is 10.6 Å². The minimum Gasteiger partial charge on any atom is -0.338 e. The van der Waals surface area contributed by atoms with Crippen LogP contribution < -0.4 is 4.72 Å². The van der Waals surface area contributed by atoms with E-state index < -0.39 is 15.8 Å². The summed E-state index contributed by atoms with van der Waals surface area (Å²) in [5.74, 6) is -0.355. The summed E-state index contributed by atoms with van der Waals surface area (Å²) in [4.78, 5) is 14.8. The molecule has 0 spiro atoms. The maximum absolute atomic E-state index is 13.3. The van der Waals surface area contributed by atoms with Gasteiger partial charge in [-0.15, -0.1) is 5.10 Å². The van der Waals surface area contributed by atoms with Crippen molar-refractivity contribution in [1.29, 1.82) is 0 Å². The molecule has 27 heavy (non-hydrogen) atoms. The van der Waals surface area contributed by atoms with Crippen LogP contribution in [0.25, 0.3) is 0 Å². The number of carbonyl (C=O) groups is 1. The zero-order valence-corrected chi connectivity index (χ0v) is 16.7. The van der Waals surface area contributed by atoms with Gasteiger partial charge in [-0.3, -0.25) is 4.79 Å². The molecule has 0 atom stereocenters. The number of hydrogen-bond acceptors (Lipinski definition) is 6. The number of benzene rings is 1. The average molecular weight is 413 g/mol. The number of piperidine rings is 1. The highest BCUT2D eigenvalue weighted by atomic mass is 32.2. The first-order valence-corrected chi connectivity index (χ1v) is 10.9. The van der Waals surface area contributed by atoms with Gasteiger partial charge in [-0.05, 0) is 67.9 Å². The van der Waals surface area contributed by atoms with E-state index in [1.165, 1.54) is 19.1 Å². The maximum atomic E-state index is 13.3. The van der Waals surface area contributed by atoms with Gasteiger partial charge in [0.1, 0.15) is 10.7 Å². The summed E-state index contributed by atoms with van der Waals surface area (Å²) >= 11 is 1.09. The SMILES string of the molecule is Cc1cc(S(=O)(=O)NCC2CCN(C(=O)c3snnc3C)CC2)ccc1F. The molecule has 1 aliphatic rings. The first kappa shape index (κ1) is 19.8. The Kier molecular flexibility index (Phi) is 5.87. The van der Waals surface area contributed by atoms with E-state index in [2.05, 4.69) is 14.3 Å². The molecule has 0 unspecified atom stereocenters. The van der Waals surface area contributed by atoms with Crippen LogP contribution in [0.1, 0.15) is 33.8 Å². The van der Waals surface area contributed by atoms with Gasteiger partial charge < -0.3 is 4.90 Å². The number of hydrogen-bond donors (Lipinski definition) is 1. The van der Waals surface area contributed by atoms with E-state index in [-0.39, 0.29) is 22.3 Å². The van der Waals surface area contributed by atoms with Crippen molar-refractivity contribution in [2.24, 2.45) is 5.92 Å². The predicted octanol–water partition coefficient (Wildman–Crippen LogP) is 2.12. The molecule has 0 aliphatic carbocycles. The number of aryl methyl sites for hydroxylation is 2. The number of likely N-dealkylation sites (tertiary alicyclic amines) is 1. The Balaban J connectivity index is 1.54. The molecule has 2 aromatic rings. The van der Waals surface area contributed by atoms with E-state index >= 15 is 0 Å². The highest BCUT2D eigenvalue weighted by molar-refractivity contribution is 7.89. The lowest BCUT2D eigenvalue weighted by Gasteiger charge is -2.31. The van der Waals surface area contributed by atoms with Crippen molar-refractivity contribution in [3.8, 4) is 0 Å². The zero-order chi connectivity index (χ0) is 19.6. The normalized spacial score (nSPS) is 15.9. The van der Waals surface area contributed by atoms with Crippen LogP contribution in [0.3, 0.4) is 0 Å². The molecule has 10 heteroatoms. The monoisotopic (exact) mass is 412 g/mol. The molecule has 0 saturated carbocycles. The summed E-state index contributed by atoms with van der Waals surface area (Å²) in [7, 11) is -3.68. The van der Waals surface area contributed by atoms with E-state index in [9.17, 15) is 17.6 Å². The van der Waals surface area contributed by atoms with E-state index in [1.807, 2.05) is 0 Å². The summed E-state index contributed by atoms with van der Waals surface area (Å²) in [6.45, 7) is 4.72. The number of aromatic nitrogens is 2. The highest BCUT2D eigenvalue weighted by Crippen LogP contribution is 2.21. The second-order valence-corrected chi connectivity index (χ2v) is 9.21. The second-order valence-electron chi connectivity index (χ2n) is 6.69. The third kappa shape index (κ3) is 4.50. The Morgan fingerprint density at radius 1 is 1.33 bits per heavy atom. The summed E-state index contributed by atoms with van der Waals surface area (Å²) in [5.41, 5.74) is 0.923. The minimum atomic E-state index is -3.68. The van der Waals surface area contributed by atoms with Crippen LogP contribution in [0, 0.1) is 25.6 Å². The van der Waals surface area contributed by atoms with Crippen molar-refractivity contribution < 1.29 is 17.6 Å². The Morgan fingerprint density at radius 3 is 2.63 bits per heavy atom. The summed E-state index contributed by atoms with van der Waals surface area (Å²) in [5, 5.41) is 3.87. The lowest BCUT2D eigenvalue weighted by Crippen LogP contribution is -2.41. The van der Waals surface area contributed by atoms with Crippen LogP contribution in [-0.4, -0.2) is 48.4 Å². The molecule has 1 fully saturated rings. The van der Waals surface area contributed by atoms with Crippen molar-refractivity contribution in [2.75, 3.05) is 19.6 Å². The molecule has 2 heterocycles. The standard InChI is InChI=1S/C17H21FN4O3S2/c1-11-9-14(3-4-15(11)18)27(24,25)19-10-13-5-7-22(8-6-13)17(23)16-12(2)20-21-26-16/h3-4,9,13,19H,5-8,10H2,1-2H3. The van der Waals surface area contributed by atoms with E-state index in [0.29, 0.717) is 43.0 Å². The van der Waals surface area contributed by atoms with Crippen molar-refractivity contribution in [3.05, 3.63) is 40.2 Å². The van der Waals surface area contributed by atoms with Gasteiger partial charge in [-0.2, -0.15) is 0 Å². The first-order chi connectivity index (χ1) is 12.8. The smallest absolute Gasteiger partial charge is 0.267 e. The van der Waals surface area contributed by atoms with Gasteiger partial charge in [0.15, 0.2) is 0 Å². The van der Waals surface area contributed by atoms with E-state index in [0.717, 1.165) is 17.6 Å². The Morgan fingerprint density at radius 2 is 2.04 bits per heavy atom. The molecule has 1 N–H and O–H groups in total. The number of nitrogens with zero attached hydrogens (tertiary/aromatic N) is 3. The highest BCUT2D eigenvalue weighted by Gasteiger charge is 2.27. The third-order valence-electron chi connectivity index (χ3n) is 4.75. The van der Waals surface area contributed by atoms with E-state index in [4.69, 9.17) is 0 Å². The maximum Gasteiger partial charge on any atom is 0.267 e. The fourth-order valence-corrected chi connectivity index (χ4v) is 4.83. The number of amides is 1. The van der Waals surface area contributed by atoms with Crippen LogP contribution in [-0.2, 0) is 10.0 Å². The van der Waals surface area contributed by atoms with Gasteiger partial charge in [0, 0.05) is 19.6 Å². The Bertz CT molecular complexity index is 937. The lowest BCUT2D eigenvalue weighted by atomic mass is 9.97. The minimum absolute atomic E-state index is 0.0576. The van der Waals surface area contributed by atoms with Crippen LogP contribution in [0.2, 0.25) is 0 Å². The second kappa shape index (κ2) is 7.99. The molecular formula is C17H21FN4O3S2. The predicted molar refractivity (Wildman–Crippen MR) is 99.6 cm³/mol. The molecule has 1 aliphatic heterocycles.